The molecule has 1 aromatic heterocycles. The standard InChI is InChI=1S/C27H26N2O5/c1-3-29(4-2)15-16-33-26(31)19-9-12-20(13-10-19)28-25(30)23-17-22-21-8-6-5-7-18(21)11-14-24(22)34-27(23)32/h5-14,17H,3-4,15-16H2,1-2H3,(H,28,30). The van der Waals surface area contributed by atoms with Crippen molar-refractivity contribution < 1.29 is 18.7 Å². The molecule has 1 amide bonds. The first-order chi connectivity index (χ1) is 16.5. The third-order valence-corrected chi connectivity index (χ3v) is 5.80. The Balaban J connectivity index is 1.47. The van der Waals surface area contributed by atoms with Crippen molar-refractivity contribution in [3.8, 4) is 0 Å². The molecule has 34 heavy (non-hydrogen) atoms. The molecule has 0 fully saturated rings. The average molecular weight is 459 g/mol. The van der Waals surface area contributed by atoms with Crippen LogP contribution >= 0.6 is 0 Å². The van der Waals surface area contributed by atoms with E-state index in [4.69, 9.17) is 9.15 Å². The second-order valence-corrected chi connectivity index (χ2v) is 7.84. The monoisotopic (exact) mass is 458 g/mol. The van der Waals surface area contributed by atoms with Crippen LogP contribution < -0.4 is 10.9 Å². The van der Waals surface area contributed by atoms with Crippen molar-refractivity contribution in [1.82, 2.24) is 4.90 Å². The fourth-order valence-corrected chi connectivity index (χ4v) is 3.81. The molecule has 0 radical (unpaired) electrons. The molecule has 3 aromatic carbocycles. The predicted molar refractivity (Wildman–Crippen MR) is 132 cm³/mol. The summed E-state index contributed by atoms with van der Waals surface area (Å²) in [5, 5.41) is 5.25. The number of hydrogen-bond acceptors (Lipinski definition) is 6. The third kappa shape index (κ3) is 5.00. The van der Waals surface area contributed by atoms with Crippen molar-refractivity contribution in [1.29, 1.82) is 0 Å². The van der Waals surface area contributed by atoms with Crippen molar-refractivity contribution >= 4 is 39.3 Å². The summed E-state index contributed by atoms with van der Waals surface area (Å²) in [7, 11) is 0. The molecule has 0 unspecified atom stereocenters. The third-order valence-electron chi connectivity index (χ3n) is 5.80. The Kier molecular flexibility index (Phi) is 7.04. The summed E-state index contributed by atoms with van der Waals surface area (Å²) in [6.07, 6.45) is 0. The van der Waals surface area contributed by atoms with Crippen molar-refractivity contribution in [2.45, 2.75) is 13.8 Å². The van der Waals surface area contributed by atoms with Crippen molar-refractivity contribution in [2.75, 3.05) is 31.6 Å². The maximum Gasteiger partial charge on any atom is 0.349 e. The number of anilines is 1. The molecule has 1 N–H and O–H groups in total. The van der Waals surface area contributed by atoms with Crippen LogP contribution in [0.1, 0.15) is 34.6 Å². The highest BCUT2D eigenvalue weighted by Crippen LogP contribution is 2.25. The molecule has 7 nitrogen and oxygen atoms in total. The topological polar surface area (TPSA) is 88.8 Å². The Morgan fingerprint density at radius 1 is 0.941 bits per heavy atom. The van der Waals surface area contributed by atoms with E-state index in [0.29, 0.717) is 35.4 Å². The van der Waals surface area contributed by atoms with Gasteiger partial charge in [-0.1, -0.05) is 44.2 Å². The number of nitrogens with one attached hydrogen (secondary N) is 1. The molecule has 0 saturated carbocycles. The van der Waals surface area contributed by atoms with E-state index in [1.807, 2.05) is 30.3 Å². The molecule has 0 aliphatic heterocycles. The fraction of sp³-hybridized carbons (Fsp3) is 0.222. The summed E-state index contributed by atoms with van der Waals surface area (Å²) in [4.78, 5) is 39.7. The van der Waals surface area contributed by atoms with E-state index < -0.39 is 17.5 Å². The van der Waals surface area contributed by atoms with Crippen molar-refractivity contribution in [3.63, 3.8) is 0 Å². The van der Waals surface area contributed by atoms with Gasteiger partial charge in [0, 0.05) is 17.6 Å². The van der Waals surface area contributed by atoms with Gasteiger partial charge in [-0.25, -0.2) is 9.59 Å². The molecular formula is C27H26N2O5. The number of rotatable bonds is 8. The lowest BCUT2D eigenvalue weighted by Gasteiger charge is -2.17. The Bertz CT molecular complexity index is 1390. The van der Waals surface area contributed by atoms with E-state index in [2.05, 4.69) is 24.1 Å². The van der Waals surface area contributed by atoms with Gasteiger partial charge in [-0.15, -0.1) is 0 Å². The van der Waals surface area contributed by atoms with E-state index in [-0.39, 0.29) is 5.56 Å². The van der Waals surface area contributed by atoms with Crippen LogP contribution in [-0.2, 0) is 4.74 Å². The maximum atomic E-state index is 12.8. The summed E-state index contributed by atoms with van der Waals surface area (Å²) >= 11 is 0. The van der Waals surface area contributed by atoms with Gasteiger partial charge in [-0.05, 0) is 60.3 Å². The number of benzene rings is 3. The second-order valence-electron chi connectivity index (χ2n) is 7.84. The second kappa shape index (κ2) is 10.3. The number of carbonyl (C=O) groups excluding carboxylic acids is 2. The number of likely N-dealkylation sites (N-methyl/N-ethyl adjacent to an activating group) is 1. The molecule has 0 spiro atoms. The highest BCUT2D eigenvalue weighted by atomic mass is 16.5. The number of nitrogens with zero attached hydrogens (tertiary/aromatic N) is 1. The minimum Gasteiger partial charge on any atom is -0.461 e. The Labute approximate surface area is 196 Å². The van der Waals surface area contributed by atoms with Crippen LogP contribution in [-0.4, -0.2) is 43.0 Å². The first-order valence-electron chi connectivity index (χ1n) is 11.3. The normalized spacial score (nSPS) is 11.1. The van der Waals surface area contributed by atoms with Crippen LogP contribution in [0.5, 0.6) is 0 Å². The number of ether oxygens (including phenoxy) is 1. The highest BCUT2D eigenvalue weighted by molar-refractivity contribution is 6.10. The van der Waals surface area contributed by atoms with Gasteiger partial charge in [-0.2, -0.15) is 0 Å². The molecule has 0 bridgehead atoms. The summed E-state index contributed by atoms with van der Waals surface area (Å²) in [5.74, 6) is -1.01. The fourth-order valence-electron chi connectivity index (χ4n) is 3.81. The van der Waals surface area contributed by atoms with E-state index in [1.165, 1.54) is 0 Å². The molecule has 0 saturated heterocycles. The molecule has 0 aliphatic rings. The van der Waals surface area contributed by atoms with Gasteiger partial charge in [-0.3, -0.25) is 4.79 Å². The molecule has 0 atom stereocenters. The Morgan fingerprint density at radius 2 is 1.68 bits per heavy atom. The SMILES string of the molecule is CCN(CC)CCOC(=O)c1ccc(NC(=O)c2cc3c(ccc4ccccc43)oc2=O)cc1. The number of fused-ring (bicyclic) bond motifs is 3. The first-order valence-corrected chi connectivity index (χ1v) is 11.3. The summed E-state index contributed by atoms with van der Waals surface area (Å²) in [5.41, 5.74) is 0.442. The van der Waals surface area contributed by atoms with Gasteiger partial charge < -0.3 is 19.4 Å². The zero-order chi connectivity index (χ0) is 24.1. The van der Waals surface area contributed by atoms with Gasteiger partial charge in [0.2, 0.25) is 0 Å². The van der Waals surface area contributed by atoms with Crippen LogP contribution in [0.3, 0.4) is 0 Å². The van der Waals surface area contributed by atoms with Gasteiger partial charge >= 0.3 is 11.6 Å². The van der Waals surface area contributed by atoms with Crippen LogP contribution in [0.15, 0.2) is 75.9 Å². The lowest BCUT2D eigenvalue weighted by atomic mass is 10.0. The lowest BCUT2D eigenvalue weighted by Crippen LogP contribution is -2.27. The molecule has 0 aliphatic carbocycles. The zero-order valence-corrected chi connectivity index (χ0v) is 19.2. The quantitative estimate of drug-likeness (QED) is 0.234. The minimum absolute atomic E-state index is 0.0938. The van der Waals surface area contributed by atoms with Crippen LogP contribution in [0.25, 0.3) is 21.7 Å². The van der Waals surface area contributed by atoms with Gasteiger partial charge in [0.25, 0.3) is 5.91 Å². The summed E-state index contributed by atoms with van der Waals surface area (Å²) in [6, 6.07) is 19.2. The number of hydrogen-bond donors (Lipinski definition) is 1. The highest BCUT2D eigenvalue weighted by Gasteiger charge is 2.16. The van der Waals surface area contributed by atoms with Crippen LogP contribution in [0, 0.1) is 0 Å². The molecule has 4 aromatic rings. The number of amides is 1. The predicted octanol–water partition coefficient (Wildman–Crippen LogP) is 4.70. The average Bonchev–Trinajstić information content (AvgIpc) is 2.86. The van der Waals surface area contributed by atoms with Crippen molar-refractivity contribution in [2.24, 2.45) is 0 Å². The number of esters is 1. The van der Waals surface area contributed by atoms with Gasteiger partial charge in [0.1, 0.15) is 17.8 Å². The summed E-state index contributed by atoms with van der Waals surface area (Å²) < 4.78 is 10.7. The first kappa shape index (κ1) is 23.2. The van der Waals surface area contributed by atoms with Gasteiger partial charge in [0.15, 0.2) is 0 Å². The zero-order valence-electron chi connectivity index (χ0n) is 19.2. The van der Waals surface area contributed by atoms with Crippen molar-refractivity contribution in [3.05, 3.63) is 88.3 Å². The van der Waals surface area contributed by atoms with Crippen LogP contribution in [0.2, 0.25) is 0 Å². The smallest absolute Gasteiger partial charge is 0.349 e. The maximum absolute atomic E-state index is 12.8. The lowest BCUT2D eigenvalue weighted by molar-refractivity contribution is 0.0466. The molecule has 1 heterocycles. The number of carbonyl (C=O) groups is 2. The molecule has 174 valence electrons. The van der Waals surface area contributed by atoms with E-state index >= 15 is 0 Å². The molecule has 7 heteroatoms. The van der Waals surface area contributed by atoms with Crippen LogP contribution in [0.4, 0.5) is 5.69 Å². The largest absolute Gasteiger partial charge is 0.461 e. The Hall–Kier alpha value is -3.97. The van der Waals surface area contributed by atoms with E-state index in [0.717, 1.165) is 23.9 Å². The molecular weight excluding hydrogens is 432 g/mol. The molecule has 4 rings (SSSR count). The van der Waals surface area contributed by atoms with E-state index in [1.54, 1.807) is 36.4 Å². The summed E-state index contributed by atoms with van der Waals surface area (Å²) in [6.45, 7) is 6.90. The van der Waals surface area contributed by atoms with Gasteiger partial charge in [0.05, 0.1) is 5.56 Å². The van der Waals surface area contributed by atoms with E-state index in [9.17, 15) is 14.4 Å². The Morgan fingerprint density at radius 3 is 2.41 bits per heavy atom. The minimum atomic E-state index is -0.714.